The number of aromatic nitrogens is 2. The molecule has 0 unspecified atom stereocenters. The van der Waals surface area contributed by atoms with Gasteiger partial charge in [-0.15, -0.1) is 0 Å². The van der Waals surface area contributed by atoms with Gasteiger partial charge in [-0.25, -0.2) is 9.59 Å². The fraction of sp³-hybridized carbons (Fsp3) is 0. The van der Waals surface area contributed by atoms with E-state index >= 15 is 0 Å². The van der Waals surface area contributed by atoms with E-state index in [2.05, 4.69) is 0 Å². The molecule has 0 aliphatic heterocycles. The normalized spacial score (nSPS) is 11.3. The van der Waals surface area contributed by atoms with Crippen molar-refractivity contribution in [1.82, 2.24) is 9.97 Å². The number of carbonyl (C=O) groups is 2. The van der Waals surface area contributed by atoms with Crippen molar-refractivity contribution in [2.24, 2.45) is 0 Å². The number of hydrogen-bond acceptors (Lipinski definition) is 6. The van der Waals surface area contributed by atoms with Crippen molar-refractivity contribution in [3.8, 4) is 0 Å². The predicted octanol–water partition coefficient (Wildman–Crippen LogP) is -1.64. The van der Waals surface area contributed by atoms with Crippen molar-refractivity contribution in [1.29, 1.82) is 0 Å². The van der Waals surface area contributed by atoms with Crippen LogP contribution >= 0.6 is 0 Å². The fourth-order valence-corrected chi connectivity index (χ4v) is 2.54. The van der Waals surface area contributed by atoms with E-state index in [1.54, 1.807) is 9.97 Å². The Bertz CT molecular complexity index is 1110. The highest BCUT2D eigenvalue weighted by Gasteiger charge is 2.31. The van der Waals surface area contributed by atoms with E-state index in [4.69, 9.17) is 0 Å². The van der Waals surface area contributed by atoms with E-state index in [1.807, 2.05) is 0 Å². The lowest BCUT2D eigenvalue weighted by Gasteiger charge is -2.04. The second-order valence-corrected chi connectivity index (χ2v) is 4.43. The predicted molar refractivity (Wildman–Crippen MR) is 71.5 cm³/mol. The summed E-state index contributed by atoms with van der Waals surface area (Å²) in [6.45, 7) is 0. The van der Waals surface area contributed by atoms with Gasteiger partial charge < -0.3 is 10.2 Å². The summed E-state index contributed by atoms with van der Waals surface area (Å²) in [6, 6.07) is 0. The molecule has 4 N–H and O–H groups in total. The van der Waals surface area contributed by atoms with Crippen molar-refractivity contribution < 1.29 is 19.8 Å². The first kappa shape index (κ1) is 13.4. The van der Waals surface area contributed by atoms with Crippen molar-refractivity contribution in [2.45, 2.75) is 0 Å². The number of fused-ring (bicyclic) bond motifs is 3. The van der Waals surface area contributed by atoms with Gasteiger partial charge in [-0.05, 0) is 0 Å². The van der Waals surface area contributed by atoms with E-state index in [-0.39, 0.29) is 0 Å². The van der Waals surface area contributed by atoms with Gasteiger partial charge >= 0.3 is 11.9 Å². The monoisotopic (exact) mass is 304 g/mol. The molecule has 22 heavy (non-hydrogen) atoms. The summed E-state index contributed by atoms with van der Waals surface area (Å²) < 4.78 is 0. The smallest absolute Gasteiger partial charge is 0.337 e. The van der Waals surface area contributed by atoms with Gasteiger partial charge in [-0.2, -0.15) is 0 Å². The summed E-state index contributed by atoms with van der Waals surface area (Å²) in [5.74, 6) is -3.62. The van der Waals surface area contributed by atoms with Crippen LogP contribution in [0.1, 0.15) is 20.7 Å². The lowest BCUT2D eigenvalue weighted by molar-refractivity contribution is 0.0655. The van der Waals surface area contributed by atoms with Gasteiger partial charge in [0.15, 0.2) is 0 Å². The molecule has 2 aromatic heterocycles. The summed E-state index contributed by atoms with van der Waals surface area (Å²) in [5.41, 5.74) is -6.44. The van der Waals surface area contributed by atoms with Crippen molar-refractivity contribution >= 4 is 33.5 Å². The number of aromatic amines is 2. The number of benzene rings is 1. The summed E-state index contributed by atoms with van der Waals surface area (Å²) in [7, 11) is 0. The van der Waals surface area contributed by atoms with Crippen molar-refractivity contribution in [2.75, 3.05) is 0 Å². The Morgan fingerprint density at radius 2 is 0.864 bits per heavy atom. The van der Waals surface area contributed by atoms with Crippen LogP contribution in [-0.2, 0) is 0 Å². The number of aromatic carboxylic acids is 2. The molecule has 1 aromatic carbocycles. The average Bonchev–Trinajstić information content (AvgIpc) is 2.86. The van der Waals surface area contributed by atoms with E-state index in [0.29, 0.717) is 0 Å². The first-order valence-corrected chi connectivity index (χ1v) is 5.67. The Hall–Kier alpha value is -3.56. The molecule has 0 saturated heterocycles. The number of hydrogen-bond donors (Lipinski definition) is 4. The molecule has 2 heterocycles. The van der Waals surface area contributed by atoms with Gasteiger partial charge in [-0.1, -0.05) is 0 Å². The number of carboxylic acid groups (broad SMARTS) is 2. The number of nitrogens with one attached hydrogen (secondary N) is 2. The zero-order valence-electron chi connectivity index (χ0n) is 10.3. The van der Waals surface area contributed by atoms with E-state index in [1.165, 1.54) is 0 Å². The van der Waals surface area contributed by atoms with Gasteiger partial charge in [0.2, 0.25) is 0 Å². The Morgan fingerprint density at radius 3 is 1.14 bits per heavy atom. The van der Waals surface area contributed by atoms with Gasteiger partial charge in [0.05, 0.1) is 32.7 Å². The Balaban J connectivity index is 2.96. The Morgan fingerprint density at radius 1 is 0.591 bits per heavy atom. The van der Waals surface area contributed by atoms with Crippen LogP contribution in [0.15, 0.2) is 19.2 Å². The zero-order valence-corrected chi connectivity index (χ0v) is 10.3. The van der Waals surface area contributed by atoms with Crippen LogP contribution in [0, 0.1) is 0 Å². The van der Waals surface area contributed by atoms with Gasteiger partial charge in [0.25, 0.3) is 22.2 Å². The molecule has 0 spiro atoms. The molecule has 3 aromatic rings. The first-order chi connectivity index (χ1) is 10.3. The first-order valence-electron chi connectivity index (χ1n) is 5.67. The molecule has 0 bridgehead atoms. The standard InChI is InChI=1S/C12H4N2O8/c15-7-1-2-4(10(18)14-8(2)16)6(12(21)22)5(11(19)20)3(1)9(17)13-7/h(H,19,20)(H,21,22)(H,13,15,17)(H,14,16,18). The number of carboxylic acids is 2. The maximum atomic E-state index is 11.8. The van der Waals surface area contributed by atoms with E-state index in [0.717, 1.165) is 0 Å². The summed E-state index contributed by atoms with van der Waals surface area (Å²) >= 11 is 0. The van der Waals surface area contributed by atoms with Crippen molar-refractivity contribution in [3.63, 3.8) is 0 Å². The molecule has 0 saturated carbocycles. The lowest BCUT2D eigenvalue weighted by atomic mass is 9.96. The third kappa shape index (κ3) is 1.43. The molecule has 0 aliphatic rings. The second kappa shape index (κ2) is 3.97. The zero-order chi connectivity index (χ0) is 16.3. The third-order valence-corrected chi connectivity index (χ3v) is 3.29. The van der Waals surface area contributed by atoms with Gasteiger partial charge in [0.1, 0.15) is 0 Å². The highest BCUT2D eigenvalue weighted by Crippen LogP contribution is 2.26. The van der Waals surface area contributed by atoms with E-state index < -0.39 is 66.8 Å². The third-order valence-electron chi connectivity index (χ3n) is 3.29. The van der Waals surface area contributed by atoms with Crippen LogP contribution in [-0.4, -0.2) is 32.1 Å². The largest absolute Gasteiger partial charge is 0.478 e. The highest BCUT2D eigenvalue weighted by molar-refractivity contribution is 6.23. The summed E-state index contributed by atoms with van der Waals surface area (Å²) in [6.07, 6.45) is 0. The molecule has 10 heteroatoms. The van der Waals surface area contributed by atoms with Gasteiger partial charge in [-0.3, -0.25) is 29.1 Å². The average molecular weight is 304 g/mol. The van der Waals surface area contributed by atoms with E-state index in [9.17, 15) is 39.0 Å². The molecule has 110 valence electrons. The molecule has 0 radical (unpaired) electrons. The summed E-state index contributed by atoms with van der Waals surface area (Å²) in [5, 5.41) is 15.7. The van der Waals surface area contributed by atoms with Crippen molar-refractivity contribution in [3.05, 3.63) is 52.5 Å². The molecule has 0 atom stereocenters. The minimum Gasteiger partial charge on any atom is -0.478 e. The van der Waals surface area contributed by atoms with Crippen LogP contribution in [0.25, 0.3) is 21.5 Å². The Labute approximate surface area is 117 Å². The molecule has 0 fully saturated rings. The number of rotatable bonds is 2. The number of H-pyrrole nitrogens is 2. The topological polar surface area (TPSA) is 174 Å². The minimum atomic E-state index is -1.81. The second-order valence-electron chi connectivity index (χ2n) is 4.43. The SMILES string of the molecule is O=C(O)c1c(C(=O)O)c2c(=O)[nH]c(=O)c2c2c(=O)[nH]c(=O)c12. The summed E-state index contributed by atoms with van der Waals surface area (Å²) in [4.78, 5) is 73.4. The fourth-order valence-electron chi connectivity index (χ4n) is 2.54. The molecule has 3 rings (SSSR count). The highest BCUT2D eigenvalue weighted by atomic mass is 16.4. The van der Waals surface area contributed by atoms with Gasteiger partial charge in [0, 0.05) is 0 Å². The molecular formula is C12H4N2O8. The van der Waals surface area contributed by atoms with Crippen LogP contribution in [0.3, 0.4) is 0 Å². The molecule has 0 aliphatic carbocycles. The van der Waals surface area contributed by atoms with Crippen LogP contribution < -0.4 is 22.2 Å². The maximum absolute atomic E-state index is 11.8. The Kier molecular flexibility index (Phi) is 2.42. The van der Waals surface area contributed by atoms with Crippen LogP contribution in [0.5, 0.6) is 0 Å². The van der Waals surface area contributed by atoms with Crippen LogP contribution in [0.4, 0.5) is 0 Å². The quantitative estimate of drug-likeness (QED) is 0.436. The molecule has 10 nitrogen and oxygen atoms in total. The maximum Gasteiger partial charge on any atom is 0.337 e. The molecule has 0 amide bonds. The lowest BCUT2D eigenvalue weighted by Crippen LogP contribution is -2.15. The minimum absolute atomic E-state index is 0.606. The molecular weight excluding hydrogens is 300 g/mol. The van der Waals surface area contributed by atoms with Crippen LogP contribution in [0.2, 0.25) is 0 Å².